The maximum absolute atomic E-state index is 11.7. The summed E-state index contributed by atoms with van der Waals surface area (Å²) >= 11 is 0. The second-order valence-electron chi connectivity index (χ2n) is 5.53. The number of hydrogen-bond acceptors (Lipinski definition) is 2. The Hall–Kier alpha value is -1.06. The summed E-state index contributed by atoms with van der Waals surface area (Å²) in [5.74, 6) is -0.0810. The van der Waals surface area contributed by atoms with Crippen LogP contribution in [-0.4, -0.2) is 11.9 Å². The Bertz CT molecular complexity index is 443. The van der Waals surface area contributed by atoms with Crippen molar-refractivity contribution in [3.8, 4) is 0 Å². The zero-order chi connectivity index (χ0) is 12.6. The molecule has 1 aliphatic carbocycles. The number of hydrogen-bond donors (Lipinski definition) is 2. The van der Waals surface area contributed by atoms with Gasteiger partial charge < -0.3 is 11.1 Å². The molecule has 0 spiro atoms. The quantitative estimate of drug-likeness (QED) is 0.865. The highest BCUT2D eigenvalue weighted by Crippen LogP contribution is 2.44. The van der Waals surface area contributed by atoms with Crippen LogP contribution in [0.2, 0.25) is 0 Å². The monoisotopic (exact) mass is 268 g/mol. The van der Waals surface area contributed by atoms with Gasteiger partial charge in [-0.25, -0.2) is 0 Å². The SMILES string of the molecule is C[C@@H](N)C(=O)NC1CC(C)(C)c2ccccc21.Cl. The molecule has 3 nitrogen and oxygen atoms in total. The van der Waals surface area contributed by atoms with Crippen molar-refractivity contribution in [2.75, 3.05) is 0 Å². The van der Waals surface area contributed by atoms with Gasteiger partial charge in [-0.2, -0.15) is 0 Å². The van der Waals surface area contributed by atoms with Crippen LogP contribution >= 0.6 is 12.4 Å². The van der Waals surface area contributed by atoms with Crippen molar-refractivity contribution in [1.82, 2.24) is 5.32 Å². The van der Waals surface area contributed by atoms with Gasteiger partial charge in [0.05, 0.1) is 12.1 Å². The summed E-state index contributed by atoms with van der Waals surface area (Å²) in [5, 5.41) is 3.03. The first-order chi connectivity index (χ1) is 7.92. The van der Waals surface area contributed by atoms with Gasteiger partial charge in [0.15, 0.2) is 0 Å². The number of halogens is 1. The van der Waals surface area contributed by atoms with E-state index in [0.717, 1.165) is 6.42 Å². The van der Waals surface area contributed by atoms with E-state index in [9.17, 15) is 4.79 Å². The molecule has 1 aromatic carbocycles. The Morgan fingerprint density at radius 1 is 1.44 bits per heavy atom. The minimum atomic E-state index is -0.453. The lowest BCUT2D eigenvalue weighted by Crippen LogP contribution is -2.40. The Balaban J connectivity index is 0.00000162. The number of nitrogens with two attached hydrogens (primary N) is 1. The molecule has 0 heterocycles. The third-order valence-corrected chi connectivity index (χ3v) is 3.51. The summed E-state index contributed by atoms with van der Waals surface area (Å²) in [6, 6.07) is 7.95. The molecule has 0 aliphatic heterocycles. The second-order valence-corrected chi connectivity index (χ2v) is 5.53. The van der Waals surface area contributed by atoms with Gasteiger partial charge in [0, 0.05) is 0 Å². The lowest BCUT2D eigenvalue weighted by atomic mass is 9.86. The number of carbonyl (C=O) groups is 1. The van der Waals surface area contributed by atoms with Crippen LogP contribution in [-0.2, 0) is 10.2 Å². The molecule has 0 aromatic heterocycles. The number of benzene rings is 1. The highest BCUT2D eigenvalue weighted by atomic mass is 35.5. The van der Waals surface area contributed by atoms with Gasteiger partial charge in [-0.3, -0.25) is 4.79 Å². The van der Waals surface area contributed by atoms with Gasteiger partial charge in [-0.1, -0.05) is 38.1 Å². The lowest BCUT2D eigenvalue weighted by Gasteiger charge is -2.20. The molecule has 0 saturated carbocycles. The maximum Gasteiger partial charge on any atom is 0.237 e. The predicted octanol–water partition coefficient (Wildman–Crippen LogP) is 2.29. The van der Waals surface area contributed by atoms with E-state index in [-0.39, 0.29) is 29.8 Å². The average Bonchev–Trinajstić information content (AvgIpc) is 2.51. The third kappa shape index (κ3) is 2.68. The molecular weight excluding hydrogens is 248 g/mol. The molecule has 0 bridgehead atoms. The molecule has 18 heavy (non-hydrogen) atoms. The zero-order valence-electron chi connectivity index (χ0n) is 11.1. The van der Waals surface area contributed by atoms with E-state index < -0.39 is 6.04 Å². The fourth-order valence-corrected chi connectivity index (χ4v) is 2.58. The molecular formula is C14H21ClN2O. The highest BCUT2D eigenvalue weighted by molar-refractivity contribution is 5.85. The molecule has 0 saturated heterocycles. The van der Waals surface area contributed by atoms with Crippen LogP contribution in [0.25, 0.3) is 0 Å². The molecule has 2 rings (SSSR count). The van der Waals surface area contributed by atoms with Crippen molar-refractivity contribution in [3.63, 3.8) is 0 Å². The Morgan fingerprint density at radius 3 is 2.67 bits per heavy atom. The van der Waals surface area contributed by atoms with Crippen LogP contribution < -0.4 is 11.1 Å². The van der Waals surface area contributed by atoms with Gasteiger partial charge in [0.1, 0.15) is 0 Å². The zero-order valence-corrected chi connectivity index (χ0v) is 11.9. The smallest absolute Gasteiger partial charge is 0.237 e. The molecule has 0 radical (unpaired) electrons. The molecule has 1 amide bonds. The number of carbonyl (C=O) groups excluding carboxylic acids is 1. The minimum absolute atomic E-state index is 0. The van der Waals surface area contributed by atoms with Crippen LogP contribution in [0, 0.1) is 0 Å². The molecule has 2 atom stereocenters. The van der Waals surface area contributed by atoms with Crippen molar-refractivity contribution in [1.29, 1.82) is 0 Å². The van der Waals surface area contributed by atoms with Crippen LogP contribution in [0.1, 0.15) is 44.4 Å². The van der Waals surface area contributed by atoms with Gasteiger partial charge in [-0.05, 0) is 29.9 Å². The van der Waals surface area contributed by atoms with Gasteiger partial charge in [0.25, 0.3) is 0 Å². The van der Waals surface area contributed by atoms with E-state index in [0.29, 0.717) is 0 Å². The van der Waals surface area contributed by atoms with Crippen molar-refractivity contribution in [3.05, 3.63) is 35.4 Å². The van der Waals surface area contributed by atoms with E-state index in [1.807, 2.05) is 6.07 Å². The first kappa shape index (κ1) is 15.0. The summed E-state index contributed by atoms with van der Waals surface area (Å²) in [7, 11) is 0. The topological polar surface area (TPSA) is 55.1 Å². The Morgan fingerprint density at radius 2 is 2.06 bits per heavy atom. The first-order valence-corrected chi connectivity index (χ1v) is 6.07. The molecule has 100 valence electrons. The fourth-order valence-electron chi connectivity index (χ4n) is 2.58. The minimum Gasteiger partial charge on any atom is -0.348 e. The number of rotatable bonds is 2. The van der Waals surface area contributed by atoms with E-state index in [1.165, 1.54) is 11.1 Å². The number of fused-ring (bicyclic) bond motifs is 1. The van der Waals surface area contributed by atoms with E-state index in [4.69, 9.17) is 5.73 Å². The second kappa shape index (κ2) is 5.29. The third-order valence-electron chi connectivity index (χ3n) is 3.51. The van der Waals surface area contributed by atoms with Crippen molar-refractivity contribution in [2.24, 2.45) is 5.73 Å². The van der Waals surface area contributed by atoms with E-state index in [1.54, 1.807) is 6.92 Å². The molecule has 1 unspecified atom stereocenters. The molecule has 3 N–H and O–H groups in total. The van der Waals surface area contributed by atoms with Gasteiger partial charge >= 0.3 is 0 Å². The van der Waals surface area contributed by atoms with Gasteiger partial charge in [-0.15, -0.1) is 12.4 Å². The molecule has 1 aliphatic rings. The number of amides is 1. The summed E-state index contributed by atoms with van der Waals surface area (Å²) < 4.78 is 0. The Kier molecular flexibility index (Phi) is 4.41. The van der Waals surface area contributed by atoms with E-state index >= 15 is 0 Å². The normalized spacial score (nSPS) is 21.7. The van der Waals surface area contributed by atoms with Crippen molar-refractivity contribution < 1.29 is 4.79 Å². The van der Waals surface area contributed by atoms with E-state index in [2.05, 4.69) is 37.4 Å². The molecule has 1 aromatic rings. The standard InChI is InChI=1S/C14H20N2O.ClH/c1-9(15)13(17)16-12-8-14(2,3)11-7-5-4-6-10(11)12;/h4-7,9,12H,8,15H2,1-3H3,(H,16,17);1H/t9-,12?;/m1./s1. The summed E-state index contributed by atoms with van der Waals surface area (Å²) in [6.07, 6.45) is 0.935. The van der Waals surface area contributed by atoms with Crippen molar-refractivity contribution >= 4 is 18.3 Å². The van der Waals surface area contributed by atoms with Crippen LogP contribution in [0.5, 0.6) is 0 Å². The van der Waals surface area contributed by atoms with Crippen molar-refractivity contribution in [2.45, 2.75) is 44.7 Å². The lowest BCUT2D eigenvalue weighted by molar-refractivity contribution is -0.122. The summed E-state index contributed by atoms with van der Waals surface area (Å²) in [4.78, 5) is 11.7. The Labute approximate surface area is 115 Å². The molecule has 0 fully saturated rings. The summed E-state index contributed by atoms with van der Waals surface area (Å²) in [6.45, 7) is 6.13. The molecule has 4 heteroatoms. The number of nitrogens with one attached hydrogen (secondary N) is 1. The first-order valence-electron chi connectivity index (χ1n) is 6.07. The highest BCUT2D eigenvalue weighted by Gasteiger charge is 2.37. The van der Waals surface area contributed by atoms with Gasteiger partial charge in [0.2, 0.25) is 5.91 Å². The van der Waals surface area contributed by atoms with Crippen LogP contribution in [0.3, 0.4) is 0 Å². The summed E-state index contributed by atoms with van der Waals surface area (Å²) in [5.41, 5.74) is 8.26. The van der Waals surface area contributed by atoms with Crippen LogP contribution in [0.15, 0.2) is 24.3 Å². The predicted molar refractivity (Wildman–Crippen MR) is 75.9 cm³/mol. The maximum atomic E-state index is 11.7. The fraction of sp³-hybridized carbons (Fsp3) is 0.500. The van der Waals surface area contributed by atoms with Crippen LogP contribution in [0.4, 0.5) is 0 Å². The largest absolute Gasteiger partial charge is 0.348 e. The average molecular weight is 269 g/mol.